The first kappa shape index (κ1) is 14.9. The summed E-state index contributed by atoms with van der Waals surface area (Å²) in [7, 11) is 0. The van der Waals surface area contributed by atoms with Crippen LogP contribution in [0.15, 0.2) is 0 Å². The van der Waals surface area contributed by atoms with Crippen molar-refractivity contribution in [1.82, 2.24) is 5.32 Å². The summed E-state index contributed by atoms with van der Waals surface area (Å²) >= 11 is 0. The van der Waals surface area contributed by atoms with Crippen LogP contribution < -0.4 is 5.32 Å². The molecule has 0 aromatic carbocycles. The molecular weight excluding hydrogens is 214 g/mol. The fourth-order valence-corrected chi connectivity index (χ4v) is 1.80. The van der Waals surface area contributed by atoms with E-state index < -0.39 is 0 Å². The third kappa shape index (κ3) is 7.02. The smallest absolute Gasteiger partial charge is 0.0809 e. The van der Waals surface area contributed by atoms with Gasteiger partial charge in [0.2, 0.25) is 0 Å². The van der Waals surface area contributed by atoms with Crippen LogP contribution in [0, 0.1) is 5.41 Å². The van der Waals surface area contributed by atoms with E-state index in [4.69, 9.17) is 9.47 Å². The molecule has 1 aliphatic rings. The molecule has 1 atom stereocenters. The molecule has 0 aliphatic carbocycles. The van der Waals surface area contributed by atoms with Gasteiger partial charge in [0.25, 0.3) is 0 Å². The maximum atomic E-state index is 5.78. The van der Waals surface area contributed by atoms with E-state index in [0.717, 1.165) is 32.8 Å². The van der Waals surface area contributed by atoms with Crippen LogP contribution in [0.4, 0.5) is 0 Å². The van der Waals surface area contributed by atoms with Crippen LogP contribution in [0.1, 0.15) is 47.5 Å². The van der Waals surface area contributed by atoms with E-state index >= 15 is 0 Å². The van der Waals surface area contributed by atoms with Crippen LogP contribution in [-0.2, 0) is 9.47 Å². The molecule has 0 amide bonds. The molecule has 1 fully saturated rings. The lowest BCUT2D eigenvalue weighted by atomic mass is 9.93. The highest BCUT2D eigenvalue weighted by Gasteiger charge is 2.22. The molecule has 0 aromatic rings. The third-order valence-corrected chi connectivity index (χ3v) is 2.92. The molecule has 0 saturated carbocycles. The first-order chi connectivity index (χ1) is 7.79. The maximum Gasteiger partial charge on any atom is 0.0809 e. The third-order valence-electron chi connectivity index (χ3n) is 2.92. The Bertz CT molecular complexity index is 215. The zero-order valence-corrected chi connectivity index (χ0v) is 12.1. The van der Waals surface area contributed by atoms with Crippen LogP contribution in [0.5, 0.6) is 0 Å². The Kier molecular flexibility index (Phi) is 5.42. The van der Waals surface area contributed by atoms with E-state index in [2.05, 4.69) is 39.9 Å². The van der Waals surface area contributed by atoms with Crippen molar-refractivity contribution in [3.05, 3.63) is 0 Å². The Hall–Kier alpha value is -0.120. The normalized spacial score (nSPS) is 22.1. The number of ether oxygens (including phenoxy) is 2. The van der Waals surface area contributed by atoms with Gasteiger partial charge in [-0.05, 0) is 33.6 Å². The molecule has 1 rings (SSSR count). The summed E-state index contributed by atoms with van der Waals surface area (Å²) in [4.78, 5) is 0. The van der Waals surface area contributed by atoms with Crippen molar-refractivity contribution >= 4 is 0 Å². The summed E-state index contributed by atoms with van der Waals surface area (Å²) in [6.07, 6.45) is 2.67. The van der Waals surface area contributed by atoms with Gasteiger partial charge in [-0.25, -0.2) is 0 Å². The quantitative estimate of drug-likeness (QED) is 0.778. The van der Waals surface area contributed by atoms with Crippen molar-refractivity contribution in [2.45, 2.75) is 59.1 Å². The van der Waals surface area contributed by atoms with Gasteiger partial charge < -0.3 is 14.8 Å². The molecule has 1 N–H and O–H groups in total. The Labute approximate surface area is 106 Å². The molecule has 0 radical (unpaired) electrons. The van der Waals surface area contributed by atoms with Crippen molar-refractivity contribution in [2.75, 3.05) is 26.4 Å². The number of hydrogen-bond acceptors (Lipinski definition) is 3. The summed E-state index contributed by atoms with van der Waals surface area (Å²) in [6.45, 7) is 14.5. The second kappa shape index (κ2) is 6.17. The van der Waals surface area contributed by atoms with Crippen LogP contribution in [0.25, 0.3) is 0 Å². The lowest BCUT2D eigenvalue weighted by Gasteiger charge is -2.30. The molecule has 0 bridgehead atoms. The van der Waals surface area contributed by atoms with E-state index in [9.17, 15) is 0 Å². The van der Waals surface area contributed by atoms with E-state index in [1.807, 2.05) is 0 Å². The standard InChI is InChI=1S/C14H29NO2/c1-13(2,3)15-10-14(4,5)11-16-9-12-7-6-8-17-12/h12,15H,6-11H2,1-5H3. The highest BCUT2D eigenvalue weighted by atomic mass is 16.5. The molecular formula is C14H29NO2. The Balaban J connectivity index is 2.14. The van der Waals surface area contributed by atoms with Crippen LogP contribution in [-0.4, -0.2) is 38.0 Å². The Morgan fingerprint density at radius 2 is 1.94 bits per heavy atom. The van der Waals surface area contributed by atoms with E-state index in [-0.39, 0.29) is 11.0 Å². The number of rotatable bonds is 6. The molecule has 3 nitrogen and oxygen atoms in total. The van der Waals surface area contributed by atoms with Gasteiger partial charge in [0.05, 0.1) is 19.3 Å². The van der Waals surface area contributed by atoms with E-state index in [1.165, 1.54) is 6.42 Å². The van der Waals surface area contributed by atoms with Gasteiger partial charge in [-0.15, -0.1) is 0 Å². The monoisotopic (exact) mass is 243 g/mol. The molecule has 1 saturated heterocycles. The second-order valence-electron chi connectivity index (χ2n) is 6.92. The minimum atomic E-state index is 0.172. The van der Waals surface area contributed by atoms with E-state index in [1.54, 1.807) is 0 Å². The fraction of sp³-hybridized carbons (Fsp3) is 1.00. The van der Waals surface area contributed by atoms with Crippen LogP contribution in [0.3, 0.4) is 0 Å². The number of nitrogens with one attached hydrogen (secondary N) is 1. The lowest BCUT2D eigenvalue weighted by Crippen LogP contribution is -2.43. The SMILES string of the molecule is CC(C)(CNC(C)(C)C)COCC1CCCO1. The number of hydrogen-bond donors (Lipinski definition) is 1. The predicted octanol–water partition coefficient (Wildman–Crippen LogP) is 2.60. The molecule has 1 aliphatic heterocycles. The molecule has 102 valence electrons. The molecule has 0 spiro atoms. The van der Waals surface area contributed by atoms with Crippen molar-refractivity contribution < 1.29 is 9.47 Å². The maximum absolute atomic E-state index is 5.78. The van der Waals surface area contributed by atoms with Gasteiger partial charge in [-0.1, -0.05) is 13.8 Å². The summed E-state index contributed by atoms with van der Waals surface area (Å²) in [5, 5.41) is 3.53. The minimum Gasteiger partial charge on any atom is -0.378 e. The van der Waals surface area contributed by atoms with Gasteiger partial charge in [0, 0.05) is 24.1 Å². The molecule has 3 heteroatoms. The van der Waals surface area contributed by atoms with Crippen LogP contribution >= 0.6 is 0 Å². The van der Waals surface area contributed by atoms with E-state index in [0.29, 0.717) is 6.10 Å². The zero-order valence-electron chi connectivity index (χ0n) is 12.1. The molecule has 1 heterocycles. The first-order valence-corrected chi connectivity index (χ1v) is 6.73. The minimum absolute atomic E-state index is 0.172. The van der Waals surface area contributed by atoms with Gasteiger partial charge in [0.1, 0.15) is 0 Å². The zero-order chi connectivity index (χ0) is 12.9. The van der Waals surface area contributed by atoms with Crippen molar-refractivity contribution in [1.29, 1.82) is 0 Å². The van der Waals surface area contributed by atoms with Crippen molar-refractivity contribution in [3.63, 3.8) is 0 Å². The Morgan fingerprint density at radius 1 is 1.24 bits per heavy atom. The highest BCUT2D eigenvalue weighted by molar-refractivity contribution is 4.78. The summed E-state index contributed by atoms with van der Waals surface area (Å²) in [5.74, 6) is 0. The molecule has 0 aromatic heterocycles. The van der Waals surface area contributed by atoms with Gasteiger partial charge in [-0.3, -0.25) is 0 Å². The fourth-order valence-electron chi connectivity index (χ4n) is 1.80. The summed E-state index contributed by atoms with van der Waals surface area (Å²) < 4.78 is 11.3. The molecule has 1 unspecified atom stereocenters. The average molecular weight is 243 g/mol. The second-order valence-corrected chi connectivity index (χ2v) is 6.92. The first-order valence-electron chi connectivity index (χ1n) is 6.73. The van der Waals surface area contributed by atoms with Crippen LogP contribution in [0.2, 0.25) is 0 Å². The van der Waals surface area contributed by atoms with Crippen molar-refractivity contribution in [2.24, 2.45) is 5.41 Å². The summed E-state index contributed by atoms with van der Waals surface area (Å²) in [5.41, 5.74) is 0.345. The Morgan fingerprint density at radius 3 is 2.47 bits per heavy atom. The topological polar surface area (TPSA) is 30.5 Å². The largest absolute Gasteiger partial charge is 0.378 e. The predicted molar refractivity (Wildman–Crippen MR) is 71.3 cm³/mol. The van der Waals surface area contributed by atoms with Gasteiger partial charge >= 0.3 is 0 Å². The average Bonchev–Trinajstić information content (AvgIpc) is 2.67. The van der Waals surface area contributed by atoms with Gasteiger partial charge in [0.15, 0.2) is 0 Å². The lowest BCUT2D eigenvalue weighted by molar-refractivity contribution is -0.0106. The summed E-state index contributed by atoms with van der Waals surface area (Å²) in [6, 6.07) is 0. The van der Waals surface area contributed by atoms with Gasteiger partial charge in [-0.2, -0.15) is 0 Å². The molecule has 17 heavy (non-hydrogen) atoms. The van der Waals surface area contributed by atoms with Crippen molar-refractivity contribution in [3.8, 4) is 0 Å². The highest BCUT2D eigenvalue weighted by Crippen LogP contribution is 2.18.